The third kappa shape index (κ3) is 5.01. The Kier molecular flexibility index (Phi) is 4.79. The van der Waals surface area contributed by atoms with Crippen LogP contribution in [0, 0.1) is 0 Å². The van der Waals surface area contributed by atoms with Gasteiger partial charge in [-0.05, 0) is 20.3 Å². The molecule has 0 atom stereocenters. The average Bonchev–Trinajstić information content (AvgIpc) is 2.20. The van der Waals surface area contributed by atoms with Gasteiger partial charge in [0.2, 0.25) is 0 Å². The first-order chi connectivity index (χ1) is 4.31. The van der Waals surface area contributed by atoms with Gasteiger partial charge >= 0.3 is 0 Å². The van der Waals surface area contributed by atoms with Crippen molar-refractivity contribution in [2.24, 2.45) is 0 Å². The Labute approximate surface area is 56.1 Å². The zero-order valence-electron chi connectivity index (χ0n) is 5.92. The monoisotopic (exact) mass is 124 g/mol. The summed E-state index contributed by atoms with van der Waals surface area (Å²) in [5.74, 6) is 0. The maximum absolute atomic E-state index is 8.81. The summed E-state index contributed by atoms with van der Waals surface area (Å²) < 4.78 is 0. The molecular formula is C8H12O. The van der Waals surface area contributed by atoms with Crippen molar-refractivity contribution in [2.75, 3.05) is 0 Å². The van der Waals surface area contributed by atoms with Crippen molar-refractivity contribution in [3.05, 3.63) is 23.8 Å². The third-order valence-electron chi connectivity index (χ3n) is 0.957. The molecule has 0 spiro atoms. The fraction of sp³-hybridized carbons (Fsp3) is 0.375. The first kappa shape index (κ1) is 8.15. The predicted octanol–water partition coefficient (Wildman–Crippen LogP) is 2.10. The molecule has 0 N–H and O–H groups in total. The van der Waals surface area contributed by atoms with Crippen molar-refractivity contribution in [3.8, 4) is 0 Å². The topological polar surface area (TPSA) is 17.1 Å². The summed E-state index contributed by atoms with van der Waals surface area (Å²) in [5.41, 5.74) is 1.47. The standard InChI is InChI=1S/C6H8.C2H4O/c1-6-4-2-3-5-6;1-2-3/h2-4H,5H2,1H3;2H,1H3. The van der Waals surface area contributed by atoms with E-state index in [0.717, 1.165) is 6.29 Å². The third-order valence-corrected chi connectivity index (χ3v) is 0.957. The molecule has 1 heteroatoms. The molecule has 1 nitrogen and oxygen atoms in total. The zero-order chi connectivity index (χ0) is 7.11. The lowest BCUT2D eigenvalue weighted by Gasteiger charge is -1.78. The summed E-state index contributed by atoms with van der Waals surface area (Å²) in [7, 11) is 0. The minimum atomic E-state index is 0.750. The fourth-order valence-corrected chi connectivity index (χ4v) is 0.554. The van der Waals surface area contributed by atoms with Crippen LogP contribution in [0.3, 0.4) is 0 Å². The van der Waals surface area contributed by atoms with Crippen molar-refractivity contribution in [2.45, 2.75) is 20.3 Å². The van der Waals surface area contributed by atoms with Gasteiger partial charge in [-0.2, -0.15) is 0 Å². The second kappa shape index (κ2) is 5.29. The van der Waals surface area contributed by atoms with E-state index in [0.29, 0.717) is 0 Å². The Morgan fingerprint density at radius 2 is 2.22 bits per heavy atom. The molecule has 0 aromatic rings. The molecule has 0 saturated heterocycles. The molecule has 0 radical (unpaired) electrons. The van der Waals surface area contributed by atoms with Crippen LogP contribution >= 0.6 is 0 Å². The molecule has 0 bridgehead atoms. The summed E-state index contributed by atoms with van der Waals surface area (Å²) in [5, 5.41) is 0. The number of carbonyl (C=O) groups is 1. The summed E-state index contributed by atoms with van der Waals surface area (Å²) >= 11 is 0. The quantitative estimate of drug-likeness (QED) is 0.452. The average molecular weight is 124 g/mol. The van der Waals surface area contributed by atoms with Crippen LogP contribution < -0.4 is 0 Å². The van der Waals surface area contributed by atoms with Gasteiger partial charge in [0.25, 0.3) is 0 Å². The van der Waals surface area contributed by atoms with E-state index in [-0.39, 0.29) is 0 Å². The summed E-state index contributed by atoms with van der Waals surface area (Å²) in [6, 6.07) is 0. The lowest BCUT2D eigenvalue weighted by Crippen LogP contribution is -1.58. The molecule has 0 heterocycles. The predicted molar refractivity (Wildman–Crippen MR) is 39.3 cm³/mol. The fourth-order valence-electron chi connectivity index (χ4n) is 0.554. The highest BCUT2D eigenvalue weighted by atomic mass is 16.1. The van der Waals surface area contributed by atoms with Gasteiger partial charge in [0, 0.05) is 0 Å². The first-order valence-corrected chi connectivity index (χ1v) is 3.03. The van der Waals surface area contributed by atoms with Crippen LogP contribution in [-0.4, -0.2) is 6.29 Å². The maximum Gasteiger partial charge on any atom is 0.116 e. The largest absolute Gasteiger partial charge is 0.304 e. The molecule has 0 aromatic carbocycles. The van der Waals surface area contributed by atoms with Crippen molar-refractivity contribution in [1.29, 1.82) is 0 Å². The van der Waals surface area contributed by atoms with Crippen LogP contribution in [0.25, 0.3) is 0 Å². The number of hydrogen-bond acceptors (Lipinski definition) is 1. The van der Waals surface area contributed by atoms with Crippen LogP contribution in [0.1, 0.15) is 20.3 Å². The molecule has 1 aliphatic rings. The van der Waals surface area contributed by atoms with E-state index in [1.165, 1.54) is 18.9 Å². The molecule has 0 fully saturated rings. The normalized spacial score (nSPS) is 13.8. The van der Waals surface area contributed by atoms with E-state index in [2.05, 4.69) is 25.2 Å². The molecule has 50 valence electrons. The number of hydrogen-bond donors (Lipinski definition) is 0. The SMILES string of the molecule is CC1=CC=CC1.CC=O. The molecule has 0 aliphatic heterocycles. The molecule has 0 amide bonds. The van der Waals surface area contributed by atoms with Gasteiger partial charge in [-0.1, -0.05) is 23.8 Å². The summed E-state index contributed by atoms with van der Waals surface area (Å²) in [6.45, 7) is 3.58. The van der Waals surface area contributed by atoms with Crippen molar-refractivity contribution in [3.63, 3.8) is 0 Å². The van der Waals surface area contributed by atoms with Gasteiger partial charge in [0.1, 0.15) is 6.29 Å². The Bertz CT molecular complexity index is 132. The van der Waals surface area contributed by atoms with E-state index in [4.69, 9.17) is 4.79 Å². The van der Waals surface area contributed by atoms with Crippen LogP contribution in [0.2, 0.25) is 0 Å². The minimum absolute atomic E-state index is 0.750. The van der Waals surface area contributed by atoms with Crippen LogP contribution in [0.15, 0.2) is 23.8 Å². The van der Waals surface area contributed by atoms with E-state index < -0.39 is 0 Å². The lowest BCUT2D eigenvalue weighted by atomic mass is 10.3. The number of carbonyl (C=O) groups excluding carboxylic acids is 1. The Morgan fingerprint density at radius 1 is 1.67 bits per heavy atom. The first-order valence-electron chi connectivity index (χ1n) is 3.03. The highest BCUT2D eigenvalue weighted by molar-refractivity contribution is 5.44. The van der Waals surface area contributed by atoms with E-state index in [1.807, 2.05) is 0 Å². The Morgan fingerprint density at radius 3 is 2.33 bits per heavy atom. The second-order valence-corrected chi connectivity index (χ2v) is 1.88. The van der Waals surface area contributed by atoms with E-state index in [9.17, 15) is 0 Å². The molecule has 0 aromatic heterocycles. The van der Waals surface area contributed by atoms with E-state index in [1.54, 1.807) is 0 Å². The number of aldehydes is 1. The Balaban J connectivity index is 0.000000187. The highest BCUT2D eigenvalue weighted by Crippen LogP contribution is 2.06. The minimum Gasteiger partial charge on any atom is -0.304 e. The molecular weight excluding hydrogens is 112 g/mol. The van der Waals surface area contributed by atoms with Crippen LogP contribution in [0.4, 0.5) is 0 Å². The summed E-state index contributed by atoms with van der Waals surface area (Å²) in [4.78, 5) is 8.81. The lowest BCUT2D eigenvalue weighted by molar-refractivity contribution is -0.106. The maximum atomic E-state index is 8.81. The highest BCUT2D eigenvalue weighted by Gasteiger charge is 1.86. The molecule has 0 unspecified atom stereocenters. The van der Waals surface area contributed by atoms with Gasteiger partial charge in [0.05, 0.1) is 0 Å². The van der Waals surface area contributed by atoms with Crippen LogP contribution in [-0.2, 0) is 4.79 Å². The van der Waals surface area contributed by atoms with Gasteiger partial charge in [-0.15, -0.1) is 0 Å². The second-order valence-electron chi connectivity index (χ2n) is 1.88. The van der Waals surface area contributed by atoms with Crippen LogP contribution in [0.5, 0.6) is 0 Å². The van der Waals surface area contributed by atoms with Gasteiger partial charge < -0.3 is 4.79 Å². The van der Waals surface area contributed by atoms with Crippen molar-refractivity contribution < 1.29 is 4.79 Å². The van der Waals surface area contributed by atoms with Crippen molar-refractivity contribution >= 4 is 6.29 Å². The Hall–Kier alpha value is -0.850. The van der Waals surface area contributed by atoms with Crippen molar-refractivity contribution in [1.82, 2.24) is 0 Å². The van der Waals surface area contributed by atoms with Gasteiger partial charge in [-0.3, -0.25) is 0 Å². The smallest absolute Gasteiger partial charge is 0.116 e. The molecule has 0 saturated carbocycles. The van der Waals surface area contributed by atoms with E-state index >= 15 is 0 Å². The molecule has 1 aliphatic carbocycles. The summed E-state index contributed by atoms with van der Waals surface area (Å²) in [6.07, 6.45) is 8.31. The number of allylic oxidation sites excluding steroid dienone is 4. The zero-order valence-corrected chi connectivity index (χ0v) is 5.92. The van der Waals surface area contributed by atoms with Gasteiger partial charge in [0.15, 0.2) is 0 Å². The van der Waals surface area contributed by atoms with Gasteiger partial charge in [-0.25, -0.2) is 0 Å². The molecule has 9 heavy (non-hydrogen) atoms. The molecule has 1 rings (SSSR count). The number of rotatable bonds is 0.